The van der Waals surface area contributed by atoms with Gasteiger partial charge in [0, 0.05) is 24.1 Å². The molecular weight excluding hydrogens is 401 g/mol. The van der Waals surface area contributed by atoms with Crippen molar-refractivity contribution in [1.82, 2.24) is 14.8 Å². The van der Waals surface area contributed by atoms with Crippen molar-refractivity contribution in [2.24, 2.45) is 0 Å². The van der Waals surface area contributed by atoms with Crippen LogP contribution in [0.25, 0.3) is 5.69 Å². The number of carbonyl (C=O) groups excluding carboxylic acids is 1. The minimum Gasteiger partial charge on any atom is -0.311 e. The fraction of sp³-hybridized carbons (Fsp3) is 0.308. The number of carbonyl (C=O) groups is 1. The molecule has 0 aromatic carbocycles. The molecule has 23 heavy (non-hydrogen) atoms. The number of aromatic nitrogens is 3. The van der Waals surface area contributed by atoms with Gasteiger partial charge in [-0.2, -0.15) is 18.3 Å². The Morgan fingerprint density at radius 1 is 1.43 bits per heavy atom. The van der Waals surface area contributed by atoms with Crippen molar-refractivity contribution in [1.29, 1.82) is 0 Å². The fourth-order valence-corrected chi connectivity index (χ4v) is 2.39. The van der Waals surface area contributed by atoms with Crippen molar-refractivity contribution in [3.63, 3.8) is 0 Å². The molecule has 0 aliphatic heterocycles. The molecule has 0 radical (unpaired) electrons. The summed E-state index contributed by atoms with van der Waals surface area (Å²) in [5, 5.41) is 4.05. The molecule has 2 aromatic heterocycles. The number of halogens is 5. The Kier molecular flexibility index (Phi) is 5.30. The van der Waals surface area contributed by atoms with Crippen LogP contribution < -0.4 is 4.90 Å². The highest BCUT2D eigenvalue weighted by molar-refractivity contribution is 9.10. The lowest BCUT2D eigenvalue weighted by Crippen LogP contribution is -2.27. The normalized spacial score (nSPS) is 11.6. The summed E-state index contributed by atoms with van der Waals surface area (Å²) in [5.41, 5.74) is 0.808. The highest BCUT2D eigenvalue weighted by Gasteiger charge is 2.29. The summed E-state index contributed by atoms with van der Waals surface area (Å²) in [6, 6.07) is 1.73. The second-order valence-electron chi connectivity index (χ2n) is 4.68. The van der Waals surface area contributed by atoms with Gasteiger partial charge in [-0.25, -0.2) is 4.68 Å². The number of hydrogen-bond acceptors (Lipinski definition) is 3. The van der Waals surface area contributed by atoms with E-state index in [0.717, 1.165) is 9.37 Å². The summed E-state index contributed by atoms with van der Waals surface area (Å²) < 4.78 is 38.7. The van der Waals surface area contributed by atoms with Crippen molar-refractivity contribution in [3.8, 4) is 5.69 Å². The number of rotatable bonds is 4. The molecule has 0 aliphatic rings. The predicted molar refractivity (Wildman–Crippen MR) is 82.8 cm³/mol. The maximum atomic E-state index is 12.2. The predicted octanol–water partition coefficient (Wildman–Crippen LogP) is 3.99. The summed E-state index contributed by atoms with van der Waals surface area (Å²) in [7, 11) is 1.35. The first-order valence-corrected chi connectivity index (χ1v) is 7.54. The van der Waals surface area contributed by atoms with Gasteiger partial charge < -0.3 is 4.90 Å². The average molecular weight is 412 g/mol. The molecule has 124 valence electrons. The van der Waals surface area contributed by atoms with Gasteiger partial charge in [-0.05, 0) is 22.0 Å². The summed E-state index contributed by atoms with van der Waals surface area (Å²) >= 11 is 9.25. The van der Waals surface area contributed by atoms with E-state index in [9.17, 15) is 18.0 Å². The first-order chi connectivity index (χ1) is 10.7. The van der Waals surface area contributed by atoms with Crippen LogP contribution in [0.15, 0.2) is 29.1 Å². The molecular formula is C13H11BrClF3N4O. The molecule has 2 aromatic rings. The zero-order valence-electron chi connectivity index (χ0n) is 11.8. The van der Waals surface area contributed by atoms with Gasteiger partial charge in [0.15, 0.2) is 5.15 Å². The summed E-state index contributed by atoms with van der Waals surface area (Å²) in [4.78, 5) is 16.9. The number of alkyl halides is 3. The van der Waals surface area contributed by atoms with E-state index in [2.05, 4.69) is 26.0 Å². The van der Waals surface area contributed by atoms with E-state index in [1.807, 2.05) is 0 Å². The molecule has 0 fully saturated rings. The summed E-state index contributed by atoms with van der Waals surface area (Å²) in [6.45, 7) is 0. The van der Waals surface area contributed by atoms with Gasteiger partial charge in [-0.1, -0.05) is 11.6 Å². The maximum absolute atomic E-state index is 12.2. The minimum absolute atomic E-state index is 0.00725. The molecule has 10 heteroatoms. The standard InChI is InChI=1S/C13H11BrClF3N4O/c1-21(11(23)2-3-13(16,17)18)10-7-22(20-12(10)15)9-4-8(14)5-19-6-9/h4-7H,2-3H2,1H3. The maximum Gasteiger partial charge on any atom is 0.389 e. The van der Waals surface area contributed by atoms with E-state index < -0.39 is 24.9 Å². The zero-order valence-corrected chi connectivity index (χ0v) is 14.2. The molecule has 0 N–H and O–H groups in total. The molecule has 1 amide bonds. The summed E-state index contributed by atoms with van der Waals surface area (Å²) in [5.74, 6) is -0.698. The fourth-order valence-electron chi connectivity index (χ4n) is 1.78. The average Bonchev–Trinajstić information content (AvgIpc) is 2.85. The Morgan fingerprint density at radius 2 is 2.13 bits per heavy atom. The molecule has 2 heterocycles. The highest BCUT2D eigenvalue weighted by atomic mass is 79.9. The lowest BCUT2D eigenvalue weighted by atomic mass is 10.2. The molecule has 2 rings (SSSR count). The van der Waals surface area contributed by atoms with Crippen molar-refractivity contribution >= 4 is 39.1 Å². The van der Waals surface area contributed by atoms with E-state index >= 15 is 0 Å². The van der Waals surface area contributed by atoms with Crippen LogP contribution in [0.2, 0.25) is 5.15 Å². The monoisotopic (exact) mass is 410 g/mol. The van der Waals surface area contributed by atoms with Crippen LogP contribution in [0.5, 0.6) is 0 Å². The molecule has 0 aliphatic carbocycles. The molecule has 0 saturated carbocycles. The Hall–Kier alpha value is -1.61. The Balaban J connectivity index is 2.19. The van der Waals surface area contributed by atoms with E-state index in [-0.39, 0.29) is 10.8 Å². The van der Waals surface area contributed by atoms with Crippen LogP contribution in [-0.4, -0.2) is 33.9 Å². The topological polar surface area (TPSA) is 51.0 Å². The van der Waals surface area contributed by atoms with Gasteiger partial charge in [0.05, 0.1) is 24.5 Å². The van der Waals surface area contributed by atoms with E-state index in [0.29, 0.717) is 5.69 Å². The van der Waals surface area contributed by atoms with Crippen molar-refractivity contribution in [2.45, 2.75) is 19.0 Å². The quantitative estimate of drug-likeness (QED) is 0.764. The largest absolute Gasteiger partial charge is 0.389 e. The third-order valence-electron chi connectivity index (χ3n) is 2.96. The lowest BCUT2D eigenvalue weighted by Gasteiger charge is -2.16. The number of anilines is 1. The van der Waals surface area contributed by atoms with Crippen LogP contribution in [0.3, 0.4) is 0 Å². The van der Waals surface area contributed by atoms with Gasteiger partial charge in [0.1, 0.15) is 5.69 Å². The van der Waals surface area contributed by atoms with Gasteiger partial charge in [0.2, 0.25) is 5.91 Å². The van der Waals surface area contributed by atoms with Crippen LogP contribution >= 0.6 is 27.5 Å². The number of nitrogens with zero attached hydrogens (tertiary/aromatic N) is 4. The number of pyridine rings is 1. The molecule has 0 saturated heterocycles. The second kappa shape index (κ2) is 6.88. The van der Waals surface area contributed by atoms with Gasteiger partial charge in [0.25, 0.3) is 0 Å². The lowest BCUT2D eigenvalue weighted by molar-refractivity contribution is -0.142. The van der Waals surface area contributed by atoms with Crippen molar-refractivity contribution < 1.29 is 18.0 Å². The Bertz CT molecular complexity index is 719. The molecule has 5 nitrogen and oxygen atoms in total. The second-order valence-corrected chi connectivity index (χ2v) is 5.95. The molecule has 0 atom stereocenters. The minimum atomic E-state index is -4.38. The smallest absolute Gasteiger partial charge is 0.311 e. The number of amides is 1. The van der Waals surface area contributed by atoms with Gasteiger partial charge in [-0.3, -0.25) is 9.78 Å². The first-order valence-electron chi connectivity index (χ1n) is 6.37. The van der Waals surface area contributed by atoms with Crippen molar-refractivity contribution in [3.05, 3.63) is 34.3 Å². The van der Waals surface area contributed by atoms with E-state index in [4.69, 9.17) is 11.6 Å². The Morgan fingerprint density at radius 3 is 2.74 bits per heavy atom. The summed E-state index contributed by atoms with van der Waals surface area (Å²) in [6.07, 6.45) is -1.65. The SMILES string of the molecule is CN(C(=O)CCC(F)(F)F)c1cn(-c2cncc(Br)c2)nc1Cl. The van der Waals surface area contributed by atoms with Crippen molar-refractivity contribution in [2.75, 3.05) is 11.9 Å². The third-order valence-corrected chi connectivity index (χ3v) is 3.67. The van der Waals surface area contributed by atoms with Crippen LogP contribution in [0, 0.1) is 0 Å². The molecule has 0 spiro atoms. The van der Waals surface area contributed by atoms with Crippen LogP contribution in [0.4, 0.5) is 18.9 Å². The van der Waals surface area contributed by atoms with Gasteiger partial charge in [-0.15, -0.1) is 0 Å². The molecule has 0 unspecified atom stereocenters. The zero-order chi connectivity index (χ0) is 17.2. The van der Waals surface area contributed by atoms with Crippen LogP contribution in [-0.2, 0) is 4.79 Å². The first kappa shape index (κ1) is 17.7. The van der Waals surface area contributed by atoms with Crippen LogP contribution in [0.1, 0.15) is 12.8 Å². The molecule has 0 bridgehead atoms. The number of hydrogen-bond donors (Lipinski definition) is 0. The third kappa shape index (κ3) is 4.68. The van der Waals surface area contributed by atoms with Gasteiger partial charge >= 0.3 is 6.18 Å². The van der Waals surface area contributed by atoms with E-state index in [1.165, 1.54) is 24.1 Å². The van der Waals surface area contributed by atoms with E-state index in [1.54, 1.807) is 12.3 Å². The highest BCUT2D eigenvalue weighted by Crippen LogP contribution is 2.27. The Labute approximate surface area is 143 Å².